The number of benzene rings is 1. The Hall–Kier alpha value is -0.620. The maximum atomic E-state index is 11.6. The molecule has 0 aromatic heterocycles. The van der Waals surface area contributed by atoms with Gasteiger partial charge >= 0.3 is 0 Å². The van der Waals surface area contributed by atoms with Crippen molar-refractivity contribution in [2.75, 3.05) is 12.5 Å². The Morgan fingerprint density at radius 3 is 2.44 bits per heavy atom. The van der Waals surface area contributed by atoms with Crippen molar-refractivity contribution in [1.82, 2.24) is 0 Å². The van der Waals surface area contributed by atoms with Gasteiger partial charge in [-0.1, -0.05) is 17.7 Å². The van der Waals surface area contributed by atoms with Crippen LogP contribution in [0.2, 0.25) is 0 Å². The standard InChI is InChI=1S/C10H13ClO4S/c1-8-2-4-10(5-3-8)16(13,14)15-7-9(12)6-11/h2-5,9,12H,6-7H2,1H3. The van der Waals surface area contributed by atoms with Gasteiger partial charge in [0.1, 0.15) is 0 Å². The number of aliphatic hydroxyl groups is 1. The van der Waals surface area contributed by atoms with E-state index in [0.29, 0.717) is 0 Å². The molecule has 0 saturated heterocycles. The lowest BCUT2D eigenvalue weighted by Gasteiger charge is -2.08. The minimum atomic E-state index is -3.80. The fourth-order valence-electron chi connectivity index (χ4n) is 0.986. The summed E-state index contributed by atoms with van der Waals surface area (Å²) in [6.45, 7) is 1.52. The Kier molecular flexibility index (Phi) is 4.73. The molecule has 0 bridgehead atoms. The Labute approximate surface area is 99.9 Å². The summed E-state index contributed by atoms with van der Waals surface area (Å²) < 4.78 is 27.8. The van der Waals surface area contributed by atoms with Gasteiger partial charge < -0.3 is 5.11 Å². The van der Waals surface area contributed by atoms with Crippen molar-refractivity contribution in [3.63, 3.8) is 0 Å². The summed E-state index contributed by atoms with van der Waals surface area (Å²) in [6, 6.07) is 6.26. The second-order valence-electron chi connectivity index (χ2n) is 3.36. The van der Waals surface area contributed by atoms with Gasteiger partial charge in [-0.15, -0.1) is 11.6 Å². The van der Waals surface area contributed by atoms with Crippen molar-refractivity contribution in [1.29, 1.82) is 0 Å². The van der Waals surface area contributed by atoms with Gasteiger partial charge in [-0.25, -0.2) is 0 Å². The van der Waals surface area contributed by atoms with Crippen molar-refractivity contribution in [3.05, 3.63) is 29.8 Å². The Balaban J connectivity index is 2.74. The van der Waals surface area contributed by atoms with Gasteiger partial charge in [0.25, 0.3) is 10.1 Å². The van der Waals surface area contributed by atoms with E-state index < -0.39 is 16.2 Å². The predicted molar refractivity (Wildman–Crippen MR) is 61.0 cm³/mol. The summed E-state index contributed by atoms with van der Waals surface area (Å²) in [6.07, 6.45) is -0.984. The lowest BCUT2D eigenvalue weighted by molar-refractivity contribution is 0.128. The number of halogens is 1. The van der Waals surface area contributed by atoms with Crippen LogP contribution in [0.15, 0.2) is 29.2 Å². The third kappa shape index (κ3) is 3.75. The quantitative estimate of drug-likeness (QED) is 0.643. The van der Waals surface area contributed by atoms with Crippen LogP contribution in [0, 0.1) is 6.92 Å². The largest absolute Gasteiger partial charge is 0.389 e. The van der Waals surface area contributed by atoms with Gasteiger partial charge in [-0.3, -0.25) is 4.18 Å². The number of hydrogen-bond donors (Lipinski definition) is 1. The smallest absolute Gasteiger partial charge is 0.297 e. The minimum absolute atomic E-state index is 0.0661. The Morgan fingerprint density at radius 1 is 1.38 bits per heavy atom. The molecule has 4 nitrogen and oxygen atoms in total. The van der Waals surface area contributed by atoms with Crippen LogP contribution < -0.4 is 0 Å². The molecule has 0 spiro atoms. The van der Waals surface area contributed by atoms with E-state index in [2.05, 4.69) is 4.18 Å². The first-order valence-electron chi connectivity index (χ1n) is 4.66. The molecule has 1 atom stereocenters. The summed E-state index contributed by atoms with van der Waals surface area (Å²) in [5.74, 6) is -0.0661. The molecule has 0 amide bonds. The van der Waals surface area contributed by atoms with Crippen molar-refractivity contribution < 1.29 is 17.7 Å². The molecule has 1 N–H and O–H groups in total. The molecule has 1 rings (SSSR count). The minimum Gasteiger partial charge on any atom is -0.389 e. The fourth-order valence-corrected chi connectivity index (χ4v) is 2.02. The van der Waals surface area contributed by atoms with Gasteiger partial charge in [-0.2, -0.15) is 8.42 Å². The topological polar surface area (TPSA) is 63.6 Å². The van der Waals surface area contributed by atoms with Crippen LogP contribution in [-0.4, -0.2) is 32.1 Å². The first-order chi connectivity index (χ1) is 7.45. The van der Waals surface area contributed by atoms with E-state index in [-0.39, 0.29) is 17.4 Å². The lowest BCUT2D eigenvalue weighted by Crippen LogP contribution is -2.20. The van der Waals surface area contributed by atoms with Gasteiger partial charge in [0, 0.05) is 0 Å². The van der Waals surface area contributed by atoms with E-state index in [1.165, 1.54) is 12.1 Å². The van der Waals surface area contributed by atoms with E-state index in [1.807, 2.05) is 6.92 Å². The zero-order valence-corrected chi connectivity index (χ0v) is 10.3. The van der Waals surface area contributed by atoms with Crippen molar-refractivity contribution in [2.45, 2.75) is 17.9 Å². The van der Waals surface area contributed by atoms with E-state index in [1.54, 1.807) is 12.1 Å². The van der Waals surface area contributed by atoms with Crippen molar-refractivity contribution in [3.8, 4) is 0 Å². The maximum Gasteiger partial charge on any atom is 0.297 e. The summed E-state index contributed by atoms with van der Waals surface area (Å²) in [5, 5.41) is 9.09. The average Bonchev–Trinajstić information content (AvgIpc) is 2.26. The number of aliphatic hydroxyl groups excluding tert-OH is 1. The van der Waals surface area contributed by atoms with Crippen LogP contribution in [-0.2, 0) is 14.3 Å². The molecule has 1 aromatic carbocycles. The zero-order valence-electron chi connectivity index (χ0n) is 8.76. The van der Waals surface area contributed by atoms with E-state index in [4.69, 9.17) is 16.7 Å². The van der Waals surface area contributed by atoms with E-state index in [9.17, 15) is 8.42 Å². The van der Waals surface area contributed by atoms with Crippen LogP contribution in [0.25, 0.3) is 0 Å². The molecule has 6 heteroatoms. The van der Waals surface area contributed by atoms with Crippen LogP contribution >= 0.6 is 11.6 Å². The molecule has 90 valence electrons. The summed E-state index contributed by atoms with van der Waals surface area (Å²) >= 11 is 5.32. The van der Waals surface area contributed by atoms with Crippen LogP contribution in [0.5, 0.6) is 0 Å². The molecule has 0 aliphatic heterocycles. The highest BCUT2D eigenvalue weighted by Crippen LogP contribution is 2.13. The molecule has 1 aromatic rings. The summed E-state index contributed by atoms with van der Waals surface area (Å²) in [5.41, 5.74) is 0.958. The highest BCUT2D eigenvalue weighted by Gasteiger charge is 2.16. The van der Waals surface area contributed by atoms with Crippen LogP contribution in [0.3, 0.4) is 0 Å². The Bertz CT molecular complexity index is 427. The number of alkyl halides is 1. The monoisotopic (exact) mass is 264 g/mol. The van der Waals surface area contributed by atoms with Crippen molar-refractivity contribution >= 4 is 21.7 Å². The van der Waals surface area contributed by atoms with Gasteiger partial charge in [0.15, 0.2) is 0 Å². The molecule has 0 aliphatic carbocycles. The van der Waals surface area contributed by atoms with Crippen molar-refractivity contribution in [2.24, 2.45) is 0 Å². The van der Waals surface area contributed by atoms with Crippen LogP contribution in [0.1, 0.15) is 5.56 Å². The molecule has 0 aliphatic rings. The molecule has 16 heavy (non-hydrogen) atoms. The molecule has 1 unspecified atom stereocenters. The van der Waals surface area contributed by atoms with Crippen LogP contribution in [0.4, 0.5) is 0 Å². The molecular weight excluding hydrogens is 252 g/mol. The molecular formula is C10H13ClO4S. The highest BCUT2D eigenvalue weighted by molar-refractivity contribution is 7.86. The summed E-state index contributed by atoms with van der Waals surface area (Å²) in [7, 11) is -3.80. The molecule has 0 saturated carbocycles. The first kappa shape index (κ1) is 13.4. The fraction of sp³-hybridized carbons (Fsp3) is 0.400. The van der Waals surface area contributed by atoms with E-state index in [0.717, 1.165) is 5.56 Å². The zero-order chi connectivity index (χ0) is 12.2. The normalized spacial score (nSPS) is 13.7. The highest BCUT2D eigenvalue weighted by atomic mass is 35.5. The lowest BCUT2D eigenvalue weighted by atomic mass is 10.2. The first-order valence-corrected chi connectivity index (χ1v) is 6.60. The third-order valence-electron chi connectivity index (χ3n) is 1.90. The number of aryl methyl sites for hydroxylation is 1. The third-order valence-corrected chi connectivity index (χ3v) is 3.56. The molecule has 0 fully saturated rings. The van der Waals surface area contributed by atoms with Gasteiger partial charge in [-0.05, 0) is 19.1 Å². The summed E-state index contributed by atoms with van der Waals surface area (Å²) in [4.78, 5) is 0.0693. The second kappa shape index (κ2) is 5.63. The molecule has 0 heterocycles. The van der Waals surface area contributed by atoms with Gasteiger partial charge in [0.2, 0.25) is 0 Å². The average molecular weight is 265 g/mol. The number of hydrogen-bond acceptors (Lipinski definition) is 4. The number of rotatable bonds is 5. The van der Waals surface area contributed by atoms with E-state index >= 15 is 0 Å². The maximum absolute atomic E-state index is 11.6. The Morgan fingerprint density at radius 2 is 1.94 bits per heavy atom. The van der Waals surface area contributed by atoms with Gasteiger partial charge in [0.05, 0.1) is 23.5 Å². The second-order valence-corrected chi connectivity index (χ2v) is 5.28. The SMILES string of the molecule is Cc1ccc(S(=O)(=O)OCC(O)CCl)cc1. The molecule has 0 radical (unpaired) electrons. The predicted octanol–water partition coefficient (Wildman–Crippen LogP) is 1.30.